The van der Waals surface area contributed by atoms with Crippen LogP contribution in [0.3, 0.4) is 0 Å². The Labute approximate surface area is 176 Å². The van der Waals surface area contributed by atoms with Gasteiger partial charge in [0, 0.05) is 6.42 Å². The molecule has 1 aliphatic carbocycles. The third-order valence-electron chi connectivity index (χ3n) is 5.28. The number of hydrogen-bond acceptors (Lipinski definition) is 5. The van der Waals surface area contributed by atoms with E-state index in [0.29, 0.717) is 35.6 Å². The van der Waals surface area contributed by atoms with Gasteiger partial charge in [0.2, 0.25) is 5.91 Å². The zero-order valence-corrected chi connectivity index (χ0v) is 18.0. The summed E-state index contributed by atoms with van der Waals surface area (Å²) in [5, 5.41) is 3.54. The fourth-order valence-corrected chi connectivity index (χ4v) is 4.38. The minimum Gasteiger partial charge on any atom is -0.461 e. The van der Waals surface area contributed by atoms with Gasteiger partial charge in [-0.1, -0.05) is 67.8 Å². The molecule has 0 bridgehead atoms. The third kappa shape index (κ3) is 5.63. The summed E-state index contributed by atoms with van der Waals surface area (Å²) < 4.78 is 7.09. The number of nitrogens with one attached hydrogen (secondary N) is 1. The molecule has 2 aromatic rings. The molecule has 0 aliphatic heterocycles. The summed E-state index contributed by atoms with van der Waals surface area (Å²) in [5.41, 5.74) is 1.35. The third-order valence-corrected chi connectivity index (χ3v) is 5.96. The van der Waals surface area contributed by atoms with Crippen LogP contribution in [0.5, 0.6) is 0 Å². The van der Waals surface area contributed by atoms with Crippen LogP contribution in [0.2, 0.25) is 0 Å². The van der Waals surface area contributed by atoms with E-state index in [1.54, 1.807) is 6.92 Å². The molecule has 1 N–H and O–H groups in total. The number of esters is 1. The number of nitrogens with zero attached hydrogens (tertiary/aromatic N) is 2. The molecule has 0 atom stereocenters. The van der Waals surface area contributed by atoms with Crippen LogP contribution < -0.4 is 5.32 Å². The molecule has 6 nitrogen and oxygen atoms in total. The van der Waals surface area contributed by atoms with Gasteiger partial charge in [-0.25, -0.2) is 9.78 Å². The minimum absolute atomic E-state index is 0.0977. The molecule has 0 spiro atoms. The van der Waals surface area contributed by atoms with Crippen molar-refractivity contribution in [2.45, 2.75) is 57.1 Å². The molecule has 7 heteroatoms. The Balaban J connectivity index is 1.82. The monoisotopic (exact) mass is 415 g/mol. The second-order valence-electron chi connectivity index (χ2n) is 7.33. The number of imidazole rings is 1. The predicted octanol–water partition coefficient (Wildman–Crippen LogP) is 4.74. The smallest absolute Gasteiger partial charge is 0.358 e. The molecular formula is C22H29N3O3S. The molecule has 1 aromatic carbocycles. The van der Waals surface area contributed by atoms with Gasteiger partial charge in [-0.2, -0.15) is 0 Å². The molecule has 1 saturated carbocycles. The molecule has 0 radical (unpaired) electrons. The van der Waals surface area contributed by atoms with Gasteiger partial charge in [0.05, 0.1) is 13.2 Å². The summed E-state index contributed by atoms with van der Waals surface area (Å²) >= 11 is 1.44. The molecule has 0 unspecified atom stereocenters. The fraction of sp³-hybridized carbons (Fsp3) is 0.500. The number of benzene rings is 1. The Bertz CT molecular complexity index is 829. The average Bonchev–Trinajstić information content (AvgIpc) is 3.35. The van der Waals surface area contributed by atoms with Crippen molar-refractivity contribution in [2.75, 3.05) is 18.2 Å². The van der Waals surface area contributed by atoms with E-state index in [1.807, 2.05) is 41.2 Å². The van der Waals surface area contributed by atoms with Gasteiger partial charge < -0.3 is 14.6 Å². The number of ether oxygens (including phenoxy) is 1. The lowest BCUT2D eigenvalue weighted by molar-refractivity contribution is -0.116. The van der Waals surface area contributed by atoms with E-state index in [0.717, 1.165) is 12.0 Å². The van der Waals surface area contributed by atoms with Gasteiger partial charge in [0.15, 0.2) is 16.7 Å². The molecule has 0 saturated heterocycles. The van der Waals surface area contributed by atoms with E-state index in [4.69, 9.17) is 4.74 Å². The van der Waals surface area contributed by atoms with Gasteiger partial charge in [0.1, 0.15) is 0 Å². The topological polar surface area (TPSA) is 73.2 Å². The highest BCUT2D eigenvalue weighted by atomic mass is 32.2. The van der Waals surface area contributed by atoms with Crippen LogP contribution in [-0.2, 0) is 16.1 Å². The van der Waals surface area contributed by atoms with Crippen LogP contribution in [0.15, 0.2) is 35.5 Å². The summed E-state index contributed by atoms with van der Waals surface area (Å²) in [6.07, 6.45) is 8.20. The van der Waals surface area contributed by atoms with Crippen molar-refractivity contribution >= 4 is 29.5 Å². The molecule has 3 rings (SSSR count). The quantitative estimate of drug-likeness (QED) is 0.473. The van der Waals surface area contributed by atoms with E-state index in [2.05, 4.69) is 10.3 Å². The summed E-state index contributed by atoms with van der Waals surface area (Å²) in [4.78, 5) is 29.8. The van der Waals surface area contributed by atoms with E-state index < -0.39 is 5.97 Å². The van der Waals surface area contributed by atoms with Crippen LogP contribution in [0.1, 0.15) is 61.5 Å². The summed E-state index contributed by atoms with van der Waals surface area (Å²) in [6, 6.07) is 9.87. The normalized spacial score (nSPS) is 14.1. The Kier molecular flexibility index (Phi) is 7.75. The first kappa shape index (κ1) is 21.4. The van der Waals surface area contributed by atoms with Gasteiger partial charge in [-0.05, 0) is 31.1 Å². The van der Waals surface area contributed by atoms with Crippen LogP contribution >= 0.6 is 11.8 Å². The summed E-state index contributed by atoms with van der Waals surface area (Å²) in [7, 11) is 0. The maximum Gasteiger partial charge on any atom is 0.358 e. The predicted molar refractivity (Wildman–Crippen MR) is 115 cm³/mol. The highest BCUT2D eigenvalue weighted by Gasteiger charge is 2.26. The zero-order chi connectivity index (χ0) is 20.6. The molecule has 1 aliphatic rings. The first-order valence-electron chi connectivity index (χ1n) is 10.3. The number of anilines is 1. The van der Waals surface area contributed by atoms with Crippen LogP contribution in [0.4, 0.5) is 5.82 Å². The SMILES string of the molecule is CCOC(=O)c1c(NC(=O)CCC2CCCC2)nc(SC)n1Cc1ccccc1. The molecule has 156 valence electrons. The van der Waals surface area contributed by atoms with Crippen molar-refractivity contribution in [2.24, 2.45) is 5.92 Å². The maximum atomic E-state index is 12.7. The van der Waals surface area contributed by atoms with E-state index in [-0.39, 0.29) is 12.5 Å². The van der Waals surface area contributed by atoms with Crippen LogP contribution in [-0.4, -0.2) is 34.3 Å². The first-order valence-corrected chi connectivity index (χ1v) is 11.5. The second-order valence-corrected chi connectivity index (χ2v) is 8.10. The Morgan fingerprint density at radius 2 is 1.97 bits per heavy atom. The summed E-state index contributed by atoms with van der Waals surface area (Å²) in [6.45, 7) is 2.51. The second kappa shape index (κ2) is 10.5. The number of carbonyl (C=O) groups is 2. The van der Waals surface area contributed by atoms with E-state index in [9.17, 15) is 9.59 Å². The molecule has 29 heavy (non-hydrogen) atoms. The zero-order valence-electron chi connectivity index (χ0n) is 17.1. The average molecular weight is 416 g/mol. The highest BCUT2D eigenvalue weighted by Crippen LogP contribution is 2.29. The Morgan fingerprint density at radius 1 is 1.24 bits per heavy atom. The van der Waals surface area contributed by atoms with Crippen molar-refractivity contribution in [3.8, 4) is 0 Å². The van der Waals surface area contributed by atoms with Crippen molar-refractivity contribution in [3.05, 3.63) is 41.6 Å². The number of carbonyl (C=O) groups excluding carboxylic acids is 2. The minimum atomic E-state index is -0.470. The highest BCUT2D eigenvalue weighted by molar-refractivity contribution is 7.98. The number of thioether (sulfide) groups is 1. The van der Waals surface area contributed by atoms with Gasteiger partial charge >= 0.3 is 5.97 Å². The number of aromatic nitrogens is 2. The Morgan fingerprint density at radius 3 is 2.62 bits per heavy atom. The maximum absolute atomic E-state index is 12.7. The fourth-order valence-electron chi connectivity index (χ4n) is 3.82. The summed E-state index contributed by atoms with van der Waals surface area (Å²) in [5.74, 6) is 0.365. The molecular weight excluding hydrogens is 386 g/mol. The molecule has 1 aromatic heterocycles. The lowest BCUT2D eigenvalue weighted by atomic mass is 10.0. The lowest BCUT2D eigenvalue weighted by Gasteiger charge is -2.12. The van der Waals surface area contributed by atoms with Gasteiger partial charge in [-0.15, -0.1) is 0 Å². The standard InChI is InChI=1S/C22H29N3O3S/c1-3-28-21(27)19-20(23-18(26)14-13-16-9-7-8-10-16)24-22(29-2)25(19)15-17-11-5-4-6-12-17/h4-6,11-12,16H,3,7-10,13-15H2,1-2H3,(H,23,26). The van der Waals surface area contributed by atoms with Crippen LogP contribution in [0, 0.1) is 5.92 Å². The number of hydrogen-bond donors (Lipinski definition) is 1. The lowest BCUT2D eigenvalue weighted by Crippen LogP contribution is -2.19. The molecule has 1 heterocycles. The first-order chi connectivity index (χ1) is 14.1. The number of rotatable bonds is 9. The van der Waals surface area contributed by atoms with Crippen molar-refractivity contribution in [1.29, 1.82) is 0 Å². The van der Waals surface area contributed by atoms with Gasteiger partial charge in [0.25, 0.3) is 0 Å². The van der Waals surface area contributed by atoms with E-state index in [1.165, 1.54) is 37.4 Å². The van der Waals surface area contributed by atoms with E-state index >= 15 is 0 Å². The molecule has 1 fully saturated rings. The number of amides is 1. The van der Waals surface area contributed by atoms with Crippen molar-refractivity contribution < 1.29 is 14.3 Å². The molecule has 1 amide bonds. The van der Waals surface area contributed by atoms with Gasteiger partial charge in [-0.3, -0.25) is 4.79 Å². The van der Waals surface area contributed by atoms with Crippen molar-refractivity contribution in [1.82, 2.24) is 9.55 Å². The Hall–Kier alpha value is -2.28. The largest absolute Gasteiger partial charge is 0.461 e. The van der Waals surface area contributed by atoms with Crippen molar-refractivity contribution in [3.63, 3.8) is 0 Å². The van der Waals surface area contributed by atoms with Crippen LogP contribution in [0.25, 0.3) is 0 Å².